The van der Waals surface area contributed by atoms with Crippen molar-refractivity contribution in [3.05, 3.63) is 57.4 Å². The van der Waals surface area contributed by atoms with E-state index in [9.17, 15) is 0 Å². The molecule has 0 spiro atoms. The van der Waals surface area contributed by atoms with Gasteiger partial charge in [0.2, 0.25) is 0 Å². The van der Waals surface area contributed by atoms with Crippen LogP contribution < -0.4 is 5.32 Å². The molecule has 0 amide bonds. The highest BCUT2D eigenvalue weighted by Crippen LogP contribution is 2.17. The van der Waals surface area contributed by atoms with Gasteiger partial charge in [-0.25, -0.2) is 0 Å². The zero-order chi connectivity index (χ0) is 11.4. The molecule has 16 heavy (non-hydrogen) atoms. The van der Waals surface area contributed by atoms with Gasteiger partial charge in [-0.15, -0.1) is 0 Å². The minimum Gasteiger partial charge on any atom is -0.379 e. The van der Waals surface area contributed by atoms with E-state index in [1.165, 1.54) is 9.13 Å². The van der Waals surface area contributed by atoms with Crippen LogP contribution in [0.15, 0.2) is 42.6 Å². The fourth-order valence-corrected chi connectivity index (χ4v) is 1.91. The number of pyridine rings is 1. The van der Waals surface area contributed by atoms with Crippen molar-refractivity contribution in [1.29, 1.82) is 0 Å². The molecule has 0 radical (unpaired) electrons. The molecule has 0 aliphatic heterocycles. The standard InChI is InChI=1S/C13H13IN2/c1-10-5-6-11(8-13(10)14)16-9-12-4-2-3-7-15-12/h2-8,16H,9H2,1H3. The van der Waals surface area contributed by atoms with Crippen molar-refractivity contribution in [3.63, 3.8) is 0 Å². The van der Waals surface area contributed by atoms with Crippen LogP contribution in [0.2, 0.25) is 0 Å². The van der Waals surface area contributed by atoms with E-state index in [-0.39, 0.29) is 0 Å². The minimum absolute atomic E-state index is 0.764. The molecule has 0 aliphatic carbocycles. The van der Waals surface area contributed by atoms with E-state index in [0.717, 1.165) is 17.9 Å². The normalized spacial score (nSPS) is 10.1. The number of hydrogen-bond acceptors (Lipinski definition) is 2. The Labute approximate surface area is 109 Å². The summed E-state index contributed by atoms with van der Waals surface area (Å²) >= 11 is 2.35. The maximum Gasteiger partial charge on any atom is 0.0594 e. The third kappa shape index (κ3) is 2.95. The van der Waals surface area contributed by atoms with Gasteiger partial charge in [0, 0.05) is 15.5 Å². The molecule has 2 nitrogen and oxygen atoms in total. The number of nitrogens with zero attached hydrogens (tertiary/aromatic N) is 1. The molecule has 0 bridgehead atoms. The number of rotatable bonds is 3. The molecule has 1 aromatic carbocycles. The van der Waals surface area contributed by atoms with Gasteiger partial charge >= 0.3 is 0 Å². The summed E-state index contributed by atoms with van der Waals surface area (Å²) in [5.41, 5.74) is 3.50. The van der Waals surface area contributed by atoms with Crippen LogP contribution in [0.3, 0.4) is 0 Å². The third-order valence-corrected chi connectivity index (χ3v) is 3.53. The molecule has 0 saturated heterocycles. The summed E-state index contributed by atoms with van der Waals surface area (Å²) in [6.07, 6.45) is 1.82. The van der Waals surface area contributed by atoms with Gasteiger partial charge < -0.3 is 5.32 Å². The Morgan fingerprint density at radius 3 is 2.81 bits per heavy atom. The van der Waals surface area contributed by atoms with E-state index in [1.807, 2.05) is 24.4 Å². The average Bonchev–Trinajstić information content (AvgIpc) is 2.32. The smallest absolute Gasteiger partial charge is 0.0594 e. The highest BCUT2D eigenvalue weighted by atomic mass is 127. The van der Waals surface area contributed by atoms with E-state index >= 15 is 0 Å². The quantitative estimate of drug-likeness (QED) is 0.873. The molecule has 3 heteroatoms. The van der Waals surface area contributed by atoms with Gasteiger partial charge in [0.25, 0.3) is 0 Å². The fourth-order valence-electron chi connectivity index (χ4n) is 1.40. The fraction of sp³-hybridized carbons (Fsp3) is 0.154. The Bertz CT molecular complexity index is 469. The lowest BCUT2D eigenvalue weighted by molar-refractivity contribution is 1.04. The summed E-state index contributed by atoms with van der Waals surface area (Å²) in [6, 6.07) is 12.3. The Kier molecular flexibility index (Phi) is 3.77. The van der Waals surface area contributed by atoms with E-state index in [0.29, 0.717) is 0 Å². The first-order valence-electron chi connectivity index (χ1n) is 5.15. The molecule has 0 aliphatic rings. The Balaban J connectivity index is 2.03. The monoisotopic (exact) mass is 324 g/mol. The van der Waals surface area contributed by atoms with Gasteiger partial charge in [-0.2, -0.15) is 0 Å². The lowest BCUT2D eigenvalue weighted by Gasteiger charge is -2.07. The average molecular weight is 324 g/mol. The number of anilines is 1. The number of hydrogen-bond donors (Lipinski definition) is 1. The van der Waals surface area contributed by atoms with Crippen LogP contribution in [0, 0.1) is 10.5 Å². The Hall–Kier alpha value is -1.10. The van der Waals surface area contributed by atoms with Crippen molar-refractivity contribution in [2.24, 2.45) is 0 Å². The molecule has 0 atom stereocenters. The van der Waals surface area contributed by atoms with Crippen molar-refractivity contribution in [3.8, 4) is 0 Å². The number of aryl methyl sites for hydroxylation is 1. The maximum atomic E-state index is 4.27. The summed E-state index contributed by atoms with van der Waals surface area (Å²) in [4.78, 5) is 4.27. The molecule has 0 fully saturated rings. The molecule has 1 heterocycles. The van der Waals surface area contributed by atoms with Crippen LogP contribution in [0.1, 0.15) is 11.3 Å². The Morgan fingerprint density at radius 2 is 2.12 bits per heavy atom. The van der Waals surface area contributed by atoms with Crippen LogP contribution in [-0.2, 0) is 6.54 Å². The van der Waals surface area contributed by atoms with E-state index in [1.54, 1.807) is 0 Å². The molecular weight excluding hydrogens is 311 g/mol. The van der Waals surface area contributed by atoms with Crippen molar-refractivity contribution in [1.82, 2.24) is 4.98 Å². The zero-order valence-electron chi connectivity index (χ0n) is 9.07. The summed E-state index contributed by atoms with van der Waals surface area (Å²) in [5.74, 6) is 0. The Morgan fingerprint density at radius 1 is 1.25 bits per heavy atom. The lowest BCUT2D eigenvalue weighted by Crippen LogP contribution is -2.01. The maximum absolute atomic E-state index is 4.27. The molecular formula is C13H13IN2. The first-order chi connectivity index (χ1) is 7.75. The number of benzene rings is 1. The molecule has 0 saturated carbocycles. The number of halogens is 1. The molecule has 2 rings (SSSR count). The zero-order valence-corrected chi connectivity index (χ0v) is 11.2. The predicted octanol–water partition coefficient (Wildman–Crippen LogP) is 3.61. The van der Waals surface area contributed by atoms with Crippen LogP contribution in [-0.4, -0.2) is 4.98 Å². The summed E-state index contributed by atoms with van der Waals surface area (Å²) in [6.45, 7) is 2.88. The van der Waals surface area contributed by atoms with E-state index < -0.39 is 0 Å². The van der Waals surface area contributed by atoms with Crippen molar-refractivity contribution >= 4 is 28.3 Å². The highest BCUT2D eigenvalue weighted by Gasteiger charge is 1.97. The minimum atomic E-state index is 0.764. The van der Waals surface area contributed by atoms with E-state index in [2.05, 4.69) is 58.0 Å². The first kappa shape index (κ1) is 11.4. The van der Waals surface area contributed by atoms with Gasteiger partial charge in [-0.05, 0) is 59.3 Å². The van der Waals surface area contributed by atoms with E-state index in [4.69, 9.17) is 0 Å². The SMILES string of the molecule is Cc1ccc(NCc2ccccn2)cc1I. The molecule has 0 unspecified atom stereocenters. The van der Waals surface area contributed by atoms with Crippen molar-refractivity contribution in [2.45, 2.75) is 13.5 Å². The van der Waals surface area contributed by atoms with Crippen molar-refractivity contribution < 1.29 is 0 Å². The highest BCUT2D eigenvalue weighted by molar-refractivity contribution is 14.1. The van der Waals surface area contributed by atoms with Gasteiger partial charge in [0.1, 0.15) is 0 Å². The molecule has 2 aromatic rings. The van der Waals surface area contributed by atoms with Gasteiger partial charge in [-0.1, -0.05) is 12.1 Å². The molecule has 82 valence electrons. The largest absolute Gasteiger partial charge is 0.379 e. The second kappa shape index (κ2) is 5.30. The van der Waals surface area contributed by atoms with Crippen LogP contribution in [0.4, 0.5) is 5.69 Å². The van der Waals surface area contributed by atoms with Gasteiger partial charge in [0.05, 0.1) is 12.2 Å². The second-order valence-corrected chi connectivity index (χ2v) is 4.80. The number of nitrogens with one attached hydrogen (secondary N) is 1. The second-order valence-electron chi connectivity index (χ2n) is 3.64. The first-order valence-corrected chi connectivity index (χ1v) is 6.23. The van der Waals surface area contributed by atoms with Gasteiger partial charge in [0.15, 0.2) is 0 Å². The summed E-state index contributed by atoms with van der Waals surface area (Å²) in [5, 5.41) is 3.36. The number of aromatic nitrogens is 1. The van der Waals surface area contributed by atoms with Crippen LogP contribution in [0.5, 0.6) is 0 Å². The predicted molar refractivity (Wildman–Crippen MR) is 75.5 cm³/mol. The lowest BCUT2D eigenvalue weighted by atomic mass is 10.2. The van der Waals surface area contributed by atoms with Crippen molar-refractivity contribution in [2.75, 3.05) is 5.32 Å². The molecule has 1 N–H and O–H groups in total. The topological polar surface area (TPSA) is 24.9 Å². The summed E-state index contributed by atoms with van der Waals surface area (Å²) in [7, 11) is 0. The van der Waals surface area contributed by atoms with Crippen LogP contribution >= 0.6 is 22.6 Å². The van der Waals surface area contributed by atoms with Gasteiger partial charge in [-0.3, -0.25) is 4.98 Å². The van der Waals surface area contributed by atoms with Crippen LogP contribution in [0.25, 0.3) is 0 Å². The third-order valence-electron chi connectivity index (χ3n) is 2.37. The molecule has 1 aromatic heterocycles. The summed E-state index contributed by atoms with van der Waals surface area (Å²) < 4.78 is 1.28.